The highest BCUT2D eigenvalue weighted by Gasteiger charge is 2.42. The van der Waals surface area contributed by atoms with Crippen LogP contribution in [0.4, 0.5) is 0 Å². The van der Waals surface area contributed by atoms with Crippen molar-refractivity contribution in [2.75, 3.05) is 6.61 Å². The first-order chi connectivity index (χ1) is 17.8. The molecule has 0 aliphatic carbocycles. The Hall–Kier alpha value is -2.03. The number of carbonyl (C=O) groups is 1. The fourth-order valence-electron chi connectivity index (χ4n) is 5.62. The number of esters is 1. The lowest BCUT2D eigenvalue weighted by molar-refractivity contribution is -0.144. The molecule has 0 unspecified atom stereocenters. The Balaban J connectivity index is 1.49. The zero-order valence-corrected chi connectivity index (χ0v) is 22.0. The van der Waals surface area contributed by atoms with Crippen LogP contribution >= 0.6 is 0 Å². The highest BCUT2D eigenvalue weighted by atomic mass is 16.6. The average Bonchev–Trinajstić information content (AvgIpc) is 3.24. The van der Waals surface area contributed by atoms with Gasteiger partial charge in [-0.1, -0.05) is 61.1 Å². The van der Waals surface area contributed by atoms with E-state index in [1.807, 2.05) is 18.2 Å². The summed E-state index contributed by atoms with van der Waals surface area (Å²) in [4.78, 5) is 12.7. The van der Waals surface area contributed by atoms with Crippen LogP contribution in [0.5, 0.6) is 0 Å². The van der Waals surface area contributed by atoms with Gasteiger partial charge in [-0.3, -0.25) is 0 Å². The van der Waals surface area contributed by atoms with Crippen LogP contribution < -0.4 is 0 Å². The normalized spacial score (nSPS) is 40.2. The van der Waals surface area contributed by atoms with Crippen LogP contribution in [0.15, 0.2) is 60.3 Å². The second kappa shape index (κ2) is 13.2. The Bertz CT molecular complexity index is 919. The first kappa shape index (κ1) is 28.0. The van der Waals surface area contributed by atoms with E-state index in [0.29, 0.717) is 18.9 Å². The number of aliphatic hydroxyl groups is 2. The minimum absolute atomic E-state index is 0.0723. The van der Waals surface area contributed by atoms with E-state index >= 15 is 0 Å². The van der Waals surface area contributed by atoms with Gasteiger partial charge in [0.2, 0.25) is 0 Å². The van der Waals surface area contributed by atoms with Crippen LogP contribution in [0, 0.1) is 5.92 Å². The molecule has 4 bridgehead atoms. The molecule has 0 aromatic rings. The molecule has 1 fully saturated rings. The van der Waals surface area contributed by atoms with Crippen molar-refractivity contribution in [3.05, 3.63) is 60.3 Å². The third-order valence-electron chi connectivity index (χ3n) is 7.53. The van der Waals surface area contributed by atoms with E-state index in [-0.39, 0.29) is 31.2 Å². The minimum Gasteiger partial charge on any atom is -0.456 e. The van der Waals surface area contributed by atoms with Gasteiger partial charge in [0.05, 0.1) is 37.1 Å². The summed E-state index contributed by atoms with van der Waals surface area (Å²) in [5.41, 5.74) is 2.15. The SMILES string of the molecule is C=C1C[C@@H](C)C[C@H]2CC=C[C@@H](CC=CC(=O)O[C@H]3C[C@@H](O[C@H]3C=C[C@H]3CC(C)=CCO3)[C@@H](O)[C@H](O)C1)O2. The van der Waals surface area contributed by atoms with E-state index in [2.05, 4.69) is 32.6 Å². The van der Waals surface area contributed by atoms with Crippen molar-refractivity contribution in [3.8, 4) is 0 Å². The van der Waals surface area contributed by atoms with Crippen molar-refractivity contribution in [1.82, 2.24) is 0 Å². The van der Waals surface area contributed by atoms with Gasteiger partial charge < -0.3 is 29.2 Å². The number of ether oxygens (including phenoxy) is 4. The molecule has 4 aliphatic rings. The van der Waals surface area contributed by atoms with Crippen LogP contribution in [-0.2, 0) is 23.7 Å². The Morgan fingerprint density at radius 2 is 1.86 bits per heavy atom. The summed E-state index contributed by atoms with van der Waals surface area (Å²) in [6, 6.07) is 0. The van der Waals surface area contributed by atoms with Crippen LogP contribution in [0.2, 0.25) is 0 Å². The first-order valence-electron chi connectivity index (χ1n) is 13.6. The largest absolute Gasteiger partial charge is 0.456 e. The van der Waals surface area contributed by atoms with Crippen molar-refractivity contribution < 1.29 is 34.0 Å². The summed E-state index contributed by atoms with van der Waals surface area (Å²) >= 11 is 0. The number of carbonyl (C=O) groups excluding carboxylic acids is 1. The van der Waals surface area contributed by atoms with Gasteiger partial charge in [0.15, 0.2) is 0 Å². The molecule has 4 rings (SSSR count). The molecule has 4 aliphatic heterocycles. The Kier molecular flexibility index (Phi) is 9.96. The van der Waals surface area contributed by atoms with Crippen molar-refractivity contribution in [2.45, 2.75) is 108 Å². The molecule has 0 radical (unpaired) electrons. The van der Waals surface area contributed by atoms with E-state index in [0.717, 1.165) is 31.3 Å². The van der Waals surface area contributed by atoms with Crippen LogP contribution in [-0.4, -0.2) is 71.6 Å². The Morgan fingerprint density at radius 3 is 2.68 bits per heavy atom. The third kappa shape index (κ3) is 8.23. The summed E-state index contributed by atoms with van der Waals surface area (Å²) < 4.78 is 23.9. The molecule has 7 nitrogen and oxygen atoms in total. The fraction of sp³-hybridized carbons (Fsp3) is 0.633. The Labute approximate surface area is 220 Å². The van der Waals surface area contributed by atoms with E-state index in [1.54, 1.807) is 6.08 Å². The summed E-state index contributed by atoms with van der Waals surface area (Å²) in [7, 11) is 0. The molecule has 37 heavy (non-hydrogen) atoms. The lowest BCUT2D eigenvalue weighted by Crippen LogP contribution is -2.37. The van der Waals surface area contributed by atoms with Gasteiger partial charge in [0, 0.05) is 12.5 Å². The number of aliphatic hydroxyl groups excluding tert-OH is 2. The van der Waals surface area contributed by atoms with Crippen molar-refractivity contribution >= 4 is 5.97 Å². The quantitative estimate of drug-likeness (QED) is 0.423. The smallest absolute Gasteiger partial charge is 0.330 e. The zero-order valence-electron chi connectivity index (χ0n) is 22.0. The summed E-state index contributed by atoms with van der Waals surface area (Å²) in [6.45, 7) is 8.95. The van der Waals surface area contributed by atoms with Gasteiger partial charge in [-0.15, -0.1) is 0 Å². The van der Waals surface area contributed by atoms with Gasteiger partial charge >= 0.3 is 5.97 Å². The fourth-order valence-corrected chi connectivity index (χ4v) is 5.62. The van der Waals surface area contributed by atoms with Crippen LogP contribution in [0.25, 0.3) is 0 Å². The lowest BCUT2D eigenvalue weighted by Gasteiger charge is -2.28. The van der Waals surface area contributed by atoms with Gasteiger partial charge in [-0.25, -0.2) is 4.79 Å². The second-order valence-corrected chi connectivity index (χ2v) is 11.0. The van der Waals surface area contributed by atoms with Gasteiger partial charge in [-0.05, 0) is 51.4 Å². The zero-order chi connectivity index (χ0) is 26.4. The van der Waals surface area contributed by atoms with Crippen molar-refractivity contribution in [1.29, 1.82) is 0 Å². The lowest BCUT2D eigenvalue weighted by atomic mass is 9.90. The summed E-state index contributed by atoms with van der Waals surface area (Å²) in [6.07, 6.45) is 13.7. The molecule has 1 saturated heterocycles. The Morgan fingerprint density at radius 1 is 1.03 bits per heavy atom. The van der Waals surface area contributed by atoms with E-state index < -0.39 is 36.5 Å². The van der Waals surface area contributed by atoms with Crippen LogP contribution in [0.1, 0.15) is 58.8 Å². The monoisotopic (exact) mass is 514 g/mol. The van der Waals surface area contributed by atoms with Crippen LogP contribution in [0.3, 0.4) is 0 Å². The predicted octanol–water partition coefficient (Wildman–Crippen LogP) is 4.11. The molecule has 0 aromatic carbocycles. The molecule has 0 aromatic heterocycles. The summed E-state index contributed by atoms with van der Waals surface area (Å²) in [5.74, 6) is -0.129. The predicted molar refractivity (Wildman–Crippen MR) is 141 cm³/mol. The first-order valence-corrected chi connectivity index (χ1v) is 13.6. The van der Waals surface area contributed by atoms with Crippen molar-refractivity contribution in [3.63, 3.8) is 0 Å². The summed E-state index contributed by atoms with van der Waals surface area (Å²) in [5, 5.41) is 21.7. The molecule has 0 amide bonds. The molecule has 7 heteroatoms. The highest BCUT2D eigenvalue weighted by Crippen LogP contribution is 2.31. The van der Waals surface area contributed by atoms with E-state index in [4.69, 9.17) is 18.9 Å². The number of hydrogen-bond acceptors (Lipinski definition) is 7. The van der Waals surface area contributed by atoms with E-state index in [1.165, 1.54) is 11.6 Å². The minimum atomic E-state index is -1.12. The number of rotatable bonds is 2. The average molecular weight is 515 g/mol. The standard InChI is InChI=1S/C30H42O7/c1-19-12-13-34-23(15-19)10-11-26-27-18-28(36-26)30(33)25(31)17-21(3)14-20(2)16-24-8-4-6-22(35-24)7-5-9-29(32)37-27/h4-6,9-12,20,22-28,30-31,33H,3,7-8,13-18H2,1-2H3/t20-,22+,23+,24-,25-,26+,27+,28-,30+/m1/s1. The molecule has 9 atom stereocenters. The molecule has 204 valence electrons. The topological polar surface area (TPSA) is 94.5 Å². The molecular formula is C30H42O7. The van der Waals surface area contributed by atoms with E-state index in [9.17, 15) is 15.0 Å². The van der Waals surface area contributed by atoms with Gasteiger partial charge in [0.1, 0.15) is 18.3 Å². The maximum absolute atomic E-state index is 12.7. The third-order valence-corrected chi connectivity index (χ3v) is 7.53. The highest BCUT2D eigenvalue weighted by molar-refractivity contribution is 5.82. The van der Waals surface area contributed by atoms with Gasteiger partial charge in [0.25, 0.3) is 0 Å². The maximum atomic E-state index is 12.7. The van der Waals surface area contributed by atoms with Crippen molar-refractivity contribution in [2.24, 2.45) is 5.92 Å². The molecule has 0 saturated carbocycles. The number of fused-ring (bicyclic) bond motifs is 4. The second-order valence-electron chi connectivity index (χ2n) is 11.0. The molecular weight excluding hydrogens is 472 g/mol. The van der Waals surface area contributed by atoms with Gasteiger partial charge in [-0.2, -0.15) is 0 Å². The maximum Gasteiger partial charge on any atom is 0.330 e. The molecule has 2 N–H and O–H groups in total. The molecule has 4 heterocycles. The number of hydrogen-bond donors (Lipinski definition) is 2. The molecule has 0 spiro atoms.